The Balaban J connectivity index is 2.90. The fourth-order valence-electron chi connectivity index (χ4n) is 1.96. The fraction of sp³-hybridized carbons (Fsp3) is 0.471. The van der Waals surface area contributed by atoms with Gasteiger partial charge in [-0.05, 0) is 33.3 Å². The lowest BCUT2D eigenvalue weighted by Crippen LogP contribution is -2.49. The number of nitriles is 1. The summed E-state index contributed by atoms with van der Waals surface area (Å²) in [5, 5.41) is 11.6. The smallest absolute Gasteiger partial charge is 0.408 e. The number of hydrogen-bond acceptors (Lipinski definition) is 4. The van der Waals surface area contributed by atoms with E-state index in [2.05, 4.69) is 5.32 Å². The molecule has 0 radical (unpaired) electrons. The van der Waals surface area contributed by atoms with Gasteiger partial charge in [-0.2, -0.15) is 5.26 Å². The van der Waals surface area contributed by atoms with Crippen molar-refractivity contribution in [2.75, 3.05) is 6.54 Å². The van der Waals surface area contributed by atoms with E-state index in [0.717, 1.165) is 10.5 Å². The van der Waals surface area contributed by atoms with Crippen molar-refractivity contribution in [1.82, 2.24) is 10.2 Å². The van der Waals surface area contributed by atoms with Gasteiger partial charge in [-0.1, -0.05) is 30.3 Å². The van der Waals surface area contributed by atoms with E-state index in [9.17, 15) is 9.59 Å². The number of carbonyl (C=O) groups excluding carboxylic acids is 2. The summed E-state index contributed by atoms with van der Waals surface area (Å²) in [5.74, 6) is -0.454. The van der Waals surface area contributed by atoms with E-state index in [-0.39, 0.29) is 13.0 Å². The molecule has 1 atom stereocenters. The molecule has 0 aliphatic rings. The molecule has 6 nitrogen and oxygen atoms in total. The SMILES string of the molecule is CCN(C#N)C(=O)[C@H](Cc1ccccc1)NC(=O)OC(C)(C)C. The van der Waals surface area contributed by atoms with E-state index in [4.69, 9.17) is 10.00 Å². The number of ether oxygens (including phenoxy) is 1. The van der Waals surface area contributed by atoms with Crippen LogP contribution in [0.1, 0.15) is 33.3 Å². The lowest BCUT2D eigenvalue weighted by molar-refractivity contribution is -0.130. The predicted octanol–water partition coefficient (Wildman–Crippen LogP) is 2.45. The van der Waals surface area contributed by atoms with Crippen LogP contribution in [0.4, 0.5) is 4.79 Å². The molecule has 0 aliphatic carbocycles. The summed E-state index contributed by atoms with van der Waals surface area (Å²) in [6.45, 7) is 7.18. The topological polar surface area (TPSA) is 82.4 Å². The molecule has 0 fully saturated rings. The summed E-state index contributed by atoms with van der Waals surface area (Å²) >= 11 is 0. The lowest BCUT2D eigenvalue weighted by Gasteiger charge is -2.24. The molecule has 0 heterocycles. The molecule has 6 heteroatoms. The van der Waals surface area contributed by atoms with Crippen LogP contribution in [0.5, 0.6) is 0 Å². The number of hydrogen-bond donors (Lipinski definition) is 1. The minimum Gasteiger partial charge on any atom is -0.444 e. The Morgan fingerprint density at radius 3 is 2.39 bits per heavy atom. The third-order valence-corrected chi connectivity index (χ3v) is 2.97. The van der Waals surface area contributed by atoms with Crippen molar-refractivity contribution in [2.24, 2.45) is 0 Å². The van der Waals surface area contributed by atoms with E-state index in [0.29, 0.717) is 0 Å². The summed E-state index contributed by atoms with van der Waals surface area (Å²) in [7, 11) is 0. The van der Waals surface area contributed by atoms with Gasteiger partial charge in [0.25, 0.3) is 5.91 Å². The molecule has 0 saturated carbocycles. The molecule has 0 aromatic heterocycles. The lowest BCUT2D eigenvalue weighted by atomic mass is 10.1. The van der Waals surface area contributed by atoms with Gasteiger partial charge >= 0.3 is 6.09 Å². The molecule has 23 heavy (non-hydrogen) atoms. The summed E-state index contributed by atoms with van der Waals surface area (Å²) < 4.78 is 5.20. The Bertz CT molecular complexity index is 573. The number of likely N-dealkylation sites (N-methyl/N-ethyl adjacent to an activating group) is 1. The number of nitrogens with one attached hydrogen (secondary N) is 1. The second-order valence-corrected chi connectivity index (χ2v) is 6.07. The quantitative estimate of drug-likeness (QED) is 0.668. The zero-order chi connectivity index (χ0) is 17.5. The first-order valence-corrected chi connectivity index (χ1v) is 7.51. The molecule has 1 N–H and O–H groups in total. The summed E-state index contributed by atoms with van der Waals surface area (Å²) in [5.41, 5.74) is 0.222. The Morgan fingerprint density at radius 1 is 1.30 bits per heavy atom. The molecule has 0 saturated heterocycles. The van der Waals surface area contributed by atoms with E-state index in [1.807, 2.05) is 36.5 Å². The van der Waals surface area contributed by atoms with Gasteiger partial charge in [-0.15, -0.1) is 0 Å². The first kappa shape index (κ1) is 18.5. The fourth-order valence-corrected chi connectivity index (χ4v) is 1.96. The van der Waals surface area contributed by atoms with Crippen molar-refractivity contribution in [1.29, 1.82) is 5.26 Å². The maximum absolute atomic E-state index is 12.4. The van der Waals surface area contributed by atoms with Crippen LogP contribution in [0.25, 0.3) is 0 Å². The summed E-state index contributed by atoms with van der Waals surface area (Å²) in [6, 6.07) is 8.44. The Hall–Kier alpha value is -2.55. The molecule has 0 aliphatic heterocycles. The van der Waals surface area contributed by atoms with Gasteiger partial charge in [-0.25, -0.2) is 9.69 Å². The van der Waals surface area contributed by atoms with Crippen LogP contribution in [0.2, 0.25) is 0 Å². The maximum atomic E-state index is 12.4. The number of alkyl carbamates (subject to hydrolysis) is 1. The van der Waals surface area contributed by atoms with Crippen LogP contribution >= 0.6 is 0 Å². The highest BCUT2D eigenvalue weighted by Gasteiger charge is 2.27. The Kier molecular flexibility index (Phi) is 6.58. The second kappa shape index (κ2) is 8.18. The standard InChI is InChI=1S/C17H23N3O3/c1-5-20(12-18)15(21)14(11-13-9-7-6-8-10-13)19-16(22)23-17(2,3)4/h6-10,14H,5,11H2,1-4H3,(H,19,22)/t14-/m0/s1. The van der Waals surface area contributed by atoms with Crippen LogP contribution in [-0.2, 0) is 16.0 Å². The highest BCUT2D eigenvalue weighted by atomic mass is 16.6. The summed E-state index contributed by atoms with van der Waals surface area (Å²) in [4.78, 5) is 25.4. The van der Waals surface area contributed by atoms with Gasteiger partial charge in [0, 0.05) is 13.0 Å². The number of carbonyl (C=O) groups is 2. The van der Waals surface area contributed by atoms with Crippen LogP contribution < -0.4 is 5.32 Å². The van der Waals surface area contributed by atoms with Gasteiger partial charge in [0.05, 0.1) is 0 Å². The van der Waals surface area contributed by atoms with Crippen molar-refractivity contribution < 1.29 is 14.3 Å². The average molecular weight is 317 g/mol. The number of rotatable bonds is 5. The first-order valence-electron chi connectivity index (χ1n) is 7.51. The van der Waals surface area contributed by atoms with Crippen molar-refractivity contribution in [3.05, 3.63) is 35.9 Å². The van der Waals surface area contributed by atoms with Gasteiger partial charge in [0.1, 0.15) is 11.6 Å². The highest BCUT2D eigenvalue weighted by Crippen LogP contribution is 2.10. The van der Waals surface area contributed by atoms with Crippen LogP contribution in [0.15, 0.2) is 30.3 Å². The van der Waals surface area contributed by atoms with Gasteiger partial charge in [-0.3, -0.25) is 4.79 Å². The molecular formula is C17H23N3O3. The maximum Gasteiger partial charge on any atom is 0.408 e. The third kappa shape index (κ3) is 6.39. The zero-order valence-electron chi connectivity index (χ0n) is 14.0. The second-order valence-electron chi connectivity index (χ2n) is 6.07. The minimum atomic E-state index is -0.855. The number of amides is 2. The molecule has 1 aromatic rings. The first-order chi connectivity index (χ1) is 10.8. The molecule has 1 rings (SSSR count). The Labute approximate surface area is 137 Å². The van der Waals surface area contributed by atoms with Crippen molar-refractivity contribution in [3.8, 4) is 6.19 Å². The van der Waals surface area contributed by atoms with Gasteiger partial charge in [0.2, 0.25) is 0 Å². The van der Waals surface area contributed by atoms with E-state index in [1.165, 1.54) is 0 Å². The number of nitrogens with zero attached hydrogens (tertiary/aromatic N) is 2. The van der Waals surface area contributed by atoms with E-state index < -0.39 is 23.6 Å². The zero-order valence-corrected chi connectivity index (χ0v) is 14.0. The van der Waals surface area contributed by atoms with Crippen LogP contribution in [-0.4, -0.2) is 35.1 Å². The van der Waals surface area contributed by atoms with Crippen molar-refractivity contribution in [2.45, 2.75) is 45.8 Å². The van der Waals surface area contributed by atoms with Gasteiger partial charge in [0.15, 0.2) is 6.19 Å². The highest BCUT2D eigenvalue weighted by molar-refractivity contribution is 5.87. The molecular weight excluding hydrogens is 294 g/mol. The molecule has 0 bridgehead atoms. The predicted molar refractivity (Wildman–Crippen MR) is 86.3 cm³/mol. The monoisotopic (exact) mass is 317 g/mol. The molecule has 0 unspecified atom stereocenters. The third-order valence-electron chi connectivity index (χ3n) is 2.97. The minimum absolute atomic E-state index is 0.247. The molecule has 1 aromatic carbocycles. The number of benzene rings is 1. The van der Waals surface area contributed by atoms with Crippen LogP contribution in [0.3, 0.4) is 0 Å². The van der Waals surface area contributed by atoms with E-state index in [1.54, 1.807) is 27.7 Å². The Morgan fingerprint density at radius 2 is 1.91 bits per heavy atom. The van der Waals surface area contributed by atoms with Crippen molar-refractivity contribution >= 4 is 12.0 Å². The molecule has 124 valence electrons. The molecule has 2 amide bonds. The average Bonchev–Trinajstić information content (AvgIpc) is 2.47. The van der Waals surface area contributed by atoms with Gasteiger partial charge < -0.3 is 10.1 Å². The van der Waals surface area contributed by atoms with Crippen LogP contribution in [0, 0.1) is 11.5 Å². The summed E-state index contributed by atoms with van der Waals surface area (Å²) in [6.07, 6.45) is 1.44. The van der Waals surface area contributed by atoms with E-state index >= 15 is 0 Å². The largest absolute Gasteiger partial charge is 0.444 e. The molecule has 0 spiro atoms. The normalized spacial score (nSPS) is 12.0. The van der Waals surface area contributed by atoms with Crippen molar-refractivity contribution in [3.63, 3.8) is 0 Å².